The Hall–Kier alpha value is -3.44. The van der Waals surface area contributed by atoms with Crippen LogP contribution in [0, 0.1) is 5.82 Å². The van der Waals surface area contributed by atoms with Gasteiger partial charge in [-0.3, -0.25) is 9.89 Å². The van der Waals surface area contributed by atoms with Gasteiger partial charge in [-0.05, 0) is 18.9 Å². The van der Waals surface area contributed by atoms with E-state index in [-0.39, 0.29) is 40.4 Å². The molecular weight excluding hydrogens is 453 g/mol. The van der Waals surface area contributed by atoms with Crippen molar-refractivity contribution in [2.45, 2.75) is 18.9 Å². The van der Waals surface area contributed by atoms with E-state index in [9.17, 15) is 9.90 Å². The number of methoxy groups -OCH3 is 1. The van der Waals surface area contributed by atoms with Gasteiger partial charge in [0.2, 0.25) is 5.82 Å². The van der Waals surface area contributed by atoms with Gasteiger partial charge in [0.05, 0.1) is 30.7 Å². The fraction of sp³-hybridized carbons (Fsp3) is 0.333. The minimum Gasteiger partial charge on any atom is -0.495 e. The van der Waals surface area contributed by atoms with Gasteiger partial charge in [-0.25, -0.2) is 14.4 Å². The van der Waals surface area contributed by atoms with Gasteiger partial charge in [0.1, 0.15) is 16.5 Å². The Kier molecular flexibility index (Phi) is 5.29. The summed E-state index contributed by atoms with van der Waals surface area (Å²) in [4.78, 5) is 23.0. The van der Waals surface area contributed by atoms with Crippen molar-refractivity contribution in [3.05, 3.63) is 41.5 Å². The van der Waals surface area contributed by atoms with Crippen LogP contribution in [0.3, 0.4) is 0 Å². The molecule has 10 nitrogen and oxygen atoms in total. The van der Waals surface area contributed by atoms with Crippen LogP contribution >= 0.6 is 11.6 Å². The van der Waals surface area contributed by atoms with Crippen molar-refractivity contribution in [1.82, 2.24) is 34.2 Å². The molecule has 0 spiro atoms. The Labute approximate surface area is 192 Å². The van der Waals surface area contributed by atoms with E-state index in [2.05, 4.69) is 20.2 Å². The number of fused-ring (bicyclic) bond motifs is 1. The highest BCUT2D eigenvalue weighted by molar-refractivity contribution is 6.33. The molecule has 12 heteroatoms. The molecule has 0 bridgehead atoms. The van der Waals surface area contributed by atoms with Gasteiger partial charge in [-0.1, -0.05) is 11.6 Å². The number of aliphatic hydroxyl groups excluding tert-OH is 1. The maximum atomic E-state index is 15.3. The molecule has 0 aliphatic carbocycles. The number of halogens is 2. The van der Waals surface area contributed by atoms with Gasteiger partial charge < -0.3 is 23.9 Å². The summed E-state index contributed by atoms with van der Waals surface area (Å²) in [7, 11) is 3.08. The Morgan fingerprint density at radius 1 is 1.42 bits per heavy atom. The number of hydrogen-bond donors (Lipinski definition) is 2. The van der Waals surface area contributed by atoms with Crippen molar-refractivity contribution in [3.8, 4) is 23.0 Å². The molecule has 1 aliphatic heterocycles. The number of amides is 1. The number of carbonyl (C=O) groups is 1. The lowest BCUT2D eigenvalue weighted by atomic mass is 10.1. The molecule has 5 rings (SSSR count). The third-order valence-electron chi connectivity index (χ3n) is 5.86. The number of benzene rings is 1. The third kappa shape index (κ3) is 3.44. The number of hydrogen-bond acceptors (Lipinski definition) is 6. The zero-order valence-corrected chi connectivity index (χ0v) is 18.7. The minimum absolute atomic E-state index is 0.0389. The van der Waals surface area contributed by atoms with Crippen molar-refractivity contribution in [2.24, 2.45) is 7.05 Å². The number of rotatable bonds is 4. The van der Waals surface area contributed by atoms with Crippen LogP contribution in [0.5, 0.6) is 5.75 Å². The quantitative estimate of drug-likeness (QED) is 0.471. The van der Waals surface area contributed by atoms with E-state index >= 15 is 4.39 Å². The first-order valence-electron chi connectivity index (χ1n) is 10.3. The van der Waals surface area contributed by atoms with Crippen molar-refractivity contribution in [2.75, 3.05) is 20.2 Å². The normalized spacial score (nSPS) is 16.5. The fourth-order valence-corrected chi connectivity index (χ4v) is 4.53. The Balaban J connectivity index is 1.68. The smallest absolute Gasteiger partial charge is 0.291 e. The van der Waals surface area contributed by atoms with E-state index in [0.717, 1.165) is 0 Å². The predicted octanol–water partition coefficient (Wildman–Crippen LogP) is 2.55. The lowest BCUT2D eigenvalue weighted by Gasteiger charge is -2.29. The van der Waals surface area contributed by atoms with E-state index in [4.69, 9.17) is 16.3 Å². The largest absolute Gasteiger partial charge is 0.495 e. The van der Waals surface area contributed by atoms with Crippen molar-refractivity contribution < 1.29 is 19.0 Å². The van der Waals surface area contributed by atoms with Crippen LogP contribution in [-0.4, -0.2) is 71.5 Å². The summed E-state index contributed by atoms with van der Waals surface area (Å²) >= 11 is 6.18. The first kappa shape index (κ1) is 21.4. The van der Waals surface area contributed by atoms with Gasteiger partial charge >= 0.3 is 0 Å². The van der Waals surface area contributed by atoms with E-state index < -0.39 is 11.9 Å². The second-order valence-electron chi connectivity index (χ2n) is 7.88. The first-order chi connectivity index (χ1) is 15.9. The molecule has 1 atom stereocenters. The molecule has 1 unspecified atom stereocenters. The standard InChI is InChI=1S/C21H21ClFN7O3/c1-28-16-12(8-13(33-2)14(22)15(16)23)17(30-7-5-24-10-30)18(28)19-25-20(27-26-19)21(32)29-6-3-4-11(31)9-29/h5,7-8,10-11,31H,3-4,6,9H2,1-2H3,(H,25,26,27). The van der Waals surface area contributed by atoms with Gasteiger partial charge in [-0.15, -0.1) is 0 Å². The van der Waals surface area contributed by atoms with Crippen LogP contribution in [0.2, 0.25) is 5.02 Å². The number of aryl methyl sites for hydroxylation is 1. The summed E-state index contributed by atoms with van der Waals surface area (Å²) in [5, 5.41) is 17.2. The highest BCUT2D eigenvalue weighted by atomic mass is 35.5. The zero-order chi connectivity index (χ0) is 23.3. The van der Waals surface area contributed by atoms with E-state index in [1.165, 1.54) is 7.11 Å². The molecule has 0 radical (unpaired) electrons. The predicted molar refractivity (Wildman–Crippen MR) is 118 cm³/mol. The van der Waals surface area contributed by atoms with Crippen LogP contribution in [-0.2, 0) is 7.05 Å². The highest BCUT2D eigenvalue weighted by Gasteiger charge is 2.29. The van der Waals surface area contributed by atoms with Crippen molar-refractivity contribution >= 4 is 28.4 Å². The number of carbonyl (C=O) groups excluding carboxylic acids is 1. The van der Waals surface area contributed by atoms with Gasteiger partial charge in [0.15, 0.2) is 11.6 Å². The van der Waals surface area contributed by atoms with Gasteiger partial charge in [-0.2, -0.15) is 5.10 Å². The molecule has 1 fully saturated rings. The van der Waals surface area contributed by atoms with Gasteiger partial charge in [0, 0.05) is 37.9 Å². The number of ether oxygens (including phenoxy) is 1. The van der Waals surface area contributed by atoms with Crippen LogP contribution in [0.4, 0.5) is 4.39 Å². The molecule has 0 saturated carbocycles. The minimum atomic E-state index is -0.643. The number of β-amino-alcohol motifs (C(OH)–C–C–N with tert-alkyl or cyclic N) is 1. The SMILES string of the molecule is COc1cc2c(-n3ccnc3)c(-c3n[nH]c(C(=O)N4CCCC(O)C4)n3)n(C)c2c(F)c1Cl. The monoisotopic (exact) mass is 473 g/mol. The summed E-state index contributed by atoms with van der Waals surface area (Å²) in [6.45, 7) is 0.774. The molecular formula is C21H21ClFN7O3. The molecule has 1 aliphatic rings. The van der Waals surface area contributed by atoms with Crippen molar-refractivity contribution in [1.29, 1.82) is 0 Å². The number of H-pyrrole nitrogens is 1. The fourth-order valence-electron chi connectivity index (χ4n) is 4.31. The number of likely N-dealkylation sites (tertiary alicyclic amines) is 1. The molecule has 1 saturated heterocycles. The van der Waals surface area contributed by atoms with Crippen molar-refractivity contribution in [3.63, 3.8) is 0 Å². The maximum absolute atomic E-state index is 15.3. The summed E-state index contributed by atoms with van der Waals surface area (Å²) in [6, 6.07) is 1.65. The number of nitrogens with zero attached hydrogens (tertiary/aromatic N) is 6. The molecule has 2 N–H and O–H groups in total. The molecule has 4 aromatic rings. The Bertz CT molecular complexity index is 1350. The number of imidazole rings is 1. The number of aromatic amines is 1. The number of nitrogens with one attached hydrogen (secondary N) is 1. The Morgan fingerprint density at radius 2 is 2.24 bits per heavy atom. The number of piperidine rings is 1. The zero-order valence-electron chi connectivity index (χ0n) is 17.9. The van der Waals surface area contributed by atoms with E-state index in [1.54, 1.807) is 45.9 Å². The highest BCUT2D eigenvalue weighted by Crippen LogP contribution is 2.41. The lowest BCUT2D eigenvalue weighted by molar-refractivity contribution is 0.0464. The average molecular weight is 474 g/mol. The molecule has 33 heavy (non-hydrogen) atoms. The maximum Gasteiger partial charge on any atom is 0.291 e. The van der Waals surface area contributed by atoms with E-state index in [1.807, 2.05) is 0 Å². The average Bonchev–Trinajstić information content (AvgIpc) is 3.55. The van der Waals surface area contributed by atoms with Crippen LogP contribution in [0.1, 0.15) is 23.5 Å². The Morgan fingerprint density at radius 3 is 2.94 bits per heavy atom. The first-order valence-corrected chi connectivity index (χ1v) is 10.7. The van der Waals surface area contributed by atoms with Crippen LogP contribution in [0.15, 0.2) is 24.8 Å². The van der Waals surface area contributed by atoms with Gasteiger partial charge in [0.25, 0.3) is 5.91 Å². The molecule has 3 aromatic heterocycles. The van der Waals surface area contributed by atoms with E-state index in [0.29, 0.717) is 36.2 Å². The topological polar surface area (TPSA) is 114 Å². The summed E-state index contributed by atoms with van der Waals surface area (Å²) in [5.74, 6) is -0.568. The molecule has 4 heterocycles. The number of aliphatic hydroxyl groups is 1. The second kappa shape index (κ2) is 8.16. The molecule has 172 valence electrons. The van der Waals surface area contributed by atoms with Crippen LogP contribution in [0.25, 0.3) is 28.1 Å². The lowest BCUT2D eigenvalue weighted by Crippen LogP contribution is -2.42. The molecule has 1 amide bonds. The van der Waals surface area contributed by atoms with Crippen LogP contribution < -0.4 is 4.74 Å². The summed E-state index contributed by atoms with van der Waals surface area (Å²) in [5.41, 5.74) is 1.25. The third-order valence-corrected chi connectivity index (χ3v) is 6.22. The summed E-state index contributed by atoms with van der Waals surface area (Å²) in [6.07, 6.45) is 5.70. The second-order valence-corrected chi connectivity index (χ2v) is 8.26. The molecule has 1 aromatic carbocycles. The summed E-state index contributed by atoms with van der Waals surface area (Å²) < 4.78 is 23.8. The number of aromatic nitrogens is 6.